The number of rotatable bonds is 5. The summed E-state index contributed by atoms with van der Waals surface area (Å²) < 4.78 is 27.4. The second kappa shape index (κ2) is 7.26. The van der Waals surface area contributed by atoms with E-state index in [-0.39, 0.29) is 4.90 Å². The topological polar surface area (TPSA) is 49.4 Å². The van der Waals surface area contributed by atoms with Gasteiger partial charge in [-0.05, 0) is 62.1 Å². The molecule has 2 aromatic rings. The van der Waals surface area contributed by atoms with Crippen molar-refractivity contribution in [1.29, 1.82) is 0 Å². The number of sulfonamides is 1. The van der Waals surface area contributed by atoms with Crippen LogP contribution >= 0.6 is 0 Å². The van der Waals surface area contributed by atoms with Crippen LogP contribution in [-0.2, 0) is 10.0 Å². The van der Waals surface area contributed by atoms with Gasteiger partial charge in [-0.25, -0.2) is 8.42 Å². The first-order valence-electron chi connectivity index (χ1n) is 8.55. The molecule has 0 radical (unpaired) electrons. The summed E-state index contributed by atoms with van der Waals surface area (Å²) in [5, 5.41) is 0. The molecular formula is C19H24N2O2S. The van der Waals surface area contributed by atoms with Gasteiger partial charge in [-0.15, -0.1) is 0 Å². The lowest BCUT2D eigenvalue weighted by Crippen LogP contribution is -2.39. The van der Waals surface area contributed by atoms with Crippen LogP contribution in [0.3, 0.4) is 0 Å². The molecular weight excluding hydrogens is 320 g/mol. The summed E-state index contributed by atoms with van der Waals surface area (Å²) >= 11 is 0. The molecule has 0 bridgehead atoms. The minimum atomic E-state index is -3.53. The fraction of sp³-hybridized carbons (Fsp3) is 0.368. The minimum absolute atomic E-state index is 0.274. The van der Waals surface area contributed by atoms with Crippen molar-refractivity contribution >= 4 is 21.4 Å². The van der Waals surface area contributed by atoms with E-state index in [4.69, 9.17) is 0 Å². The Morgan fingerprint density at radius 2 is 1.75 bits per heavy atom. The van der Waals surface area contributed by atoms with E-state index >= 15 is 0 Å². The molecule has 0 aromatic heterocycles. The summed E-state index contributed by atoms with van der Waals surface area (Å²) in [4.78, 5) is 2.72. The first-order chi connectivity index (χ1) is 11.6. The molecule has 0 amide bonds. The minimum Gasteiger partial charge on any atom is -0.369 e. The fourth-order valence-electron chi connectivity index (χ4n) is 3.30. The predicted molar refractivity (Wildman–Crippen MR) is 99.0 cm³/mol. The number of hydrogen-bond donors (Lipinski definition) is 1. The molecule has 3 rings (SSSR count). The van der Waals surface area contributed by atoms with Crippen LogP contribution in [0.4, 0.5) is 11.4 Å². The van der Waals surface area contributed by atoms with Gasteiger partial charge in [-0.1, -0.05) is 25.1 Å². The van der Waals surface area contributed by atoms with Crippen LogP contribution in [0.25, 0.3) is 0 Å². The van der Waals surface area contributed by atoms with Gasteiger partial charge in [0.2, 0.25) is 0 Å². The van der Waals surface area contributed by atoms with Crippen LogP contribution in [0.5, 0.6) is 0 Å². The van der Waals surface area contributed by atoms with Crippen molar-refractivity contribution in [3.63, 3.8) is 0 Å². The van der Waals surface area contributed by atoms with E-state index in [9.17, 15) is 8.42 Å². The van der Waals surface area contributed by atoms with Gasteiger partial charge in [0.05, 0.1) is 4.90 Å². The van der Waals surface area contributed by atoms with Gasteiger partial charge in [-0.2, -0.15) is 0 Å². The lowest BCUT2D eigenvalue weighted by molar-refractivity contribution is 0.450. The number of anilines is 2. The average molecular weight is 344 g/mol. The van der Waals surface area contributed by atoms with Gasteiger partial charge >= 0.3 is 0 Å². The molecule has 4 nitrogen and oxygen atoms in total. The Morgan fingerprint density at radius 1 is 1.04 bits per heavy atom. The molecule has 0 aliphatic carbocycles. The number of nitrogens with zero attached hydrogens (tertiary/aromatic N) is 1. The summed E-state index contributed by atoms with van der Waals surface area (Å²) in [5.74, 6) is 0. The van der Waals surface area contributed by atoms with Crippen molar-refractivity contribution in [2.24, 2.45) is 0 Å². The molecule has 1 heterocycles. The Labute approximate surface area is 144 Å². The largest absolute Gasteiger partial charge is 0.369 e. The highest BCUT2D eigenvalue weighted by atomic mass is 32.2. The highest BCUT2D eigenvalue weighted by Gasteiger charge is 2.21. The Kier molecular flexibility index (Phi) is 5.09. The zero-order chi connectivity index (χ0) is 17.0. The monoisotopic (exact) mass is 344 g/mol. The molecule has 2 aromatic carbocycles. The quantitative estimate of drug-likeness (QED) is 0.882. The second-order valence-corrected chi connectivity index (χ2v) is 7.90. The van der Waals surface area contributed by atoms with Gasteiger partial charge in [0.1, 0.15) is 0 Å². The molecule has 1 saturated heterocycles. The molecule has 1 aliphatic rings. The molecule has 1 atom stereocenters. The molecule has 5 heteroatoms. The van der Waals surface area contributed by atoms with E-state index in [1.54, 1.807) is 30.3 Å². The number of benzene rings is 2. The Bertz CT molecular complexity index is 758. The van der Waals surface area contributed by atoms with Crippen LogP contribution in [0, 0.1) is 0 Å². The van der Waals surface area contributed by atoms with Gasteiger partial charge in [0.15, 0.2) is 0 Å². The summed E-state index contributed by atoms with van der Waals surface area (Å²) in [7, 11) is -3.53. The number of piperidine rings is 1. The maximum absolute atomic E-state index is 12.4. The maximum Gasteiger partial charge on any atom is 0.261 e. The molecule has 0 saturated carbocycles. The third-order valence-corrected chi connectivity index (χ3v) is 6.00. The molecule has 24 heavy (non-hydrogen) atoms. The van der Waals surface area contributed by atoms with Crippen LogP contribution in [0.1, 0.15) is 32.6 Å². The van der Waals surface area contributed by atoms with Crippen LogP contribution in [0.15, 0.2) is 59.5 Å². The molecule has 0 spiro atoms. The first-order valence-corrected chi connectivity index (χ1v) is 10.0. The van der Waals surface area contributed by atoms with E-state index in [1.807, 2.05) is 24.3 Å². The van der Waals surface area contributed by atoms with Crippen molar-refractivity contribution < 1.29 is 8.42 Å². The molecule has 1 aliphatic heterocycles. The van der Waals surface area contributed by atoms with Crippen molar-refractivity contribution in [2.75, 3.05) is 16.2 Å². The van der Waals surface area contributed by atoms with E-state index < -0.39 is 10.0 Å². The third-order valence-electron chi connectivity index (χ3n) is 4.60. The summed E-state index contributed by atoms with van der Waals surface area (Å²) in [6, 6.07) is 16.7. The average Bonchev–Trinajstić information content (AvgIpc) is 2.63. The van der Waals surface area contributed by atoms with Crippen LogP contribution < -0.4 is 9.62 Å². The van der Waals surface area contributed by atoms with Crippen molar-refractivity contribution in [3.05, 3.63) is 54.6 Å². The van der Waals surface area contributed by atoms with E-state index in [0.29, 0.717) is 11.7 Å². The lowest BCUT2D eigenvalue weighted by atomic mass is 9.99. The highest BCUT2D eigenvalue weighted by molar-refractivity contribution is 7.92. The van der Waals surface area contributed by atoms with Crippen LogP contribution in [-0.4, -0.2) is 21.0 Å². The first kappa shape index (κ1) is 16.8. The smallest absolute Gasteiger partial charge is 0.261 e. The van der Waals surface area contributed by atoms with Gasteiger partial charge in [0, 0.05) is 24.0 Å². The van der Waals surface area contributed by atoms with Crippen LogP contribution in [0.2, 0.25) is 0 Å². The Morgan fingerprint density at radius 3 is 2.42 bits per heavy atom. The van der Waals surface area contributed by atoms with Crippen molar-refractivity contribution in [2.45, 2.75) is 43.5 Å². The molecule has 128 valence electrons. The number of hydrogen-bond acceptors (Lipinski definition) is 3. The zero-order valence-corrected chi connectivity index (χ0v) is 14.8. The standard InChI is InChI=1S/C19H24N2O2S/c1-2-17-8-6-7-15-21(17)18-13-11-16(12-14-18)20-24(22,23)19-9-4-3-5-10-19/h3-5,9-14,17,20H,2,6-8,15H2,1H3. The maximum atomic E-state index is 12.4. The molecule has 1 fully saturated rings. The molecule has 1 N–H and O–H groups in total. The lowest BCUT2D eigenvalue weighted by Gasteiger charge is -2.37. The van der Waals surface area contributed by atoms with E-state index in [1.165, 1.54) is 24.9 Å². The highest BCUT2D eigenvalue weighted by Crippen LogP contribution is 2.28. The Balaban J connectivity index is 1.75. The van der Waals surface area contributed by atoms with E-state index in [2.05, 4.69) is 16.5 Å². The van der Waals surface area contributed by atoms with Gasteiger partial charge < -0.3 is 4.90 Å². The predicted octanol–water partition coefficient (Wildman–Crippen LogP) is 4.26. The van der Waals surface area contributed by atoms with Crippen molar-refractivity contribution in [1.82, 2.24) is 0 Å². The summed E-state index contributed by atoms with van der Waals surface area (Å²) in [6.45, 7) is 3.30. The number of nitrogens with one attached hydrogen (secondary N) is 1. The summed E-state index contributed by atoms with van der Waals surface area (Å²) in [5.41, 5.74) is 1.76. The third kappa shape index (κ3) is 3.73. The molecule has 1 unspecified atom stereocenters. The fourth-order valence-corrected chi connectivity index (χ4v) is 4.38. The Hall–Kier alpha value is -2.01. The summed E-state index contributed by atoms with van der Waals surface area (Å²) in [6.07, 6.45) is 4.89. The zero-order valence-electron chi connectivity index (χ0n) is 14.0. The normalized spacial score (nSPS) is 18.4. The van der Waals surface area contributed by atoms with E-state index in [0.717, 1.165) is 13.0 Å². The van der Waals surface area contributed by atoms with Crippen molar-refractivity contribution in [3.8, 4) is 0 Å². The van der Waals surface area contributed by atoms with Gasteiger partial charge in [0.25, 0.3) is 10.0 Å². The SMILES string of the molecule is CCC1CCCCN1c1ccc(NS(=O)(=O)c2ccccc2)cc1. The van der Waals surface area contributed by atoms with Gasteiger partial charge in [-0.3, -0.25) is 4.72 Å². The second-order valence-electron chi connectivity index (χ2n) is 6.22.